The predicted molar refractivity (Wildman–Crippen MR) is 73.2 cm³/mol. The SMILES string of the molecule is CC(N)c1ccc(-c2cccc3nccn23)cc1. The van der Waals surface area contributed by atoms with Crippen molar-refractivity contribution in [2.24, 2.45) is 5.73 Å². The molecular weight excluding hydrogens is 222 g/mol. The summed E-state index contributed by atoms with van der Waals surface area (Å²) in [6, 6.07) is 14.6. The first-order valence-electron chi connectivity index (χ1n) is 6.04. The van der Waals surface area contributed by atoms with E-state index in [9.17, 15) is 0 Å². The molecule has 18 heavy (non-hydrogen) atoms. The summed E-state index contributed by atoms with van der Waals surface area (Å²) in [5.74, 6) is 0. The Bertz CT molecular complexity index is 666. The molecule has 1 unspecified atom stereocenters. The van der Waals surface area contributed by atoms with Crippen LogP contribution in [0.2, 0.25) is 0 Å². The number of benzene rings is 1. The Kier molecular flexibility index (Phi) is 2.61. The third-order valence-corrected chi connectivity index (χ3v) is 3.16. The van der Waals surface area contributed by atoms with Gasteiger partial charge in [0.15, 0.2) is 0 Å². The van der Waals surface area contributed by atoms with Crippen LogP contribution in [-0.2, 0) is 0 Å². The lowest BCUT2D eigenvalue weighted by molar-refractivity contribution is 0.818. The van der Waals surface area contributed by atoms with E-state index < -0.39 is 0 Å². The molecule has 90 valence electrons. The van der Waals surface area contributed by atoms with Gasteiger partial charge in [0.1, 0.15) is 5.65 Å². The van der Waals surface area contributed by atoms with E-state index in [0.29, 0.717) is 0 Å². The van der Waals surface area contributed by atoms with Gasteiger partial charge in [-0.15, -0.1) is 0 Å². The topological polar surface area (TPSA) is 43.3 Å². The van der Waals surface area contributed by atoms with E-state index in [4.69, 9.17) is 5.73 Å². The van der Waals surface area contributed by atoms with E-state index in [1.54, 1.807) is 0 Å². The molecule has 0 aliphatic rings. The van der Waals surface area contributed by atoms with Crippen molar-refractivity contribution in [2.45, 2.75) is 13.0 Å². The quantitative estimate of drug-likeness (QED) is 0.744. The van der Waals surface area contributed by atoms with Crippen LogP contribution in [0.1, 0.15) is 18.5 Å². The van der Waals surface area contributed by atoms with Crippen molar-refractivity contribution in [1.29, 1.82) is 0 Å². The average Bonchev–Trinajstić information content (AvgIpc) is 2.87. The molecule has 0 bridgehead atoms. The van der Waals surface area contributed by atoms with Gasteiger partial charge in [-0.25, -0.2) is 4.98 Å². The van der Waals surface area contributed by atoms with Crippen LogP contribution in [-0.4, -0.2) is 9.38 Å². The summed E-state index contributed by atoms with van der Waals surface area (Å²) >= 11 is 0. The summed E-state index contributed by atoms with van der Waals surface area (Å²) in [5, 5.41) is 0. The Morgan fingerprint density at radius 3 is 2.61 bits per heavy atom. The van der Waals surface area contributed by atoms with Gasteiger partial charge in [-0.1, -0.05) is 30.3 Å². The molecule has 1 atom stereocenters. The standard InChI is InChI=1S/C15H15N3/c1-11(16)12-5-7-13(8-6-12)14-3-2-4-15-17-9-10-18(14)15/h2-11H,16H2,1H3. The Labute approximate surface area is 106 Å². The molecular formula is C15H15N3. The highest BCUT2D eigenvalue weighted by Crippen LogP contribution is 2.22. The Morgan fingerprint density at radius 2 is 1.89 bits per heavy atom. The smallest absolute Gasteiger partial charge is 0.137 e. The normalized spacial score (nSPS) is 12.8. The van der Waals surface area contributed by atoms with E-state index in [0.717, 1.165) is 16.9 Å². The van der Waals surface area contributed by atoms with Gasteiger partial charge in [-0.05, 0) is 30.2 Å². The number of nitrogens with two attached hydrogens (primary N) is 1. The van der Waals surface area contributed by atoms with Crippen LogP contribution in [0.25, 0.3) is 16.9 Å². The van der Waals surface area contributed by atoms with Crippen molar-refractivity contribution in [2.75, 3.05) is 0 Å². The van der Waals surface area contributed by atoms with E-state index in [-0.39, 0.29) is 6.04 Å². The molecule has 0 radical (unpaired) electrons. The van der Waals surface area contributed by atoms with Gasteiger partial charge in [0.2, 0.25) is 0 Å². The largest absolute Gasteiger partial charge is 0.324 e. The summed E-state index contributed by atoms with van der Waals surface area (Å²) in [6.07, 6.45) is 3.79. The van der Waals surface area contributed by atoms with Crippen LogP contribution in [0.5, 0.6) is 0 Å². The molecule has 3 rings (SSSR count). The van der Waals surface area contributed by atoms with Gasteiger partial charge in [0.05, 0.1) is 5.69 Å². The minimum atomic E-state index is 0.0723. The van der Waals surface area contributed by atoms with Gasteiger partial charge in [0, 0.05) is 18.4 Å². The summed E-state index contributed by atoms with van der Waals surface area (Å²) < 4.78 is 2.08. The van der Waals surface area contributed by atoms with Gasteiger partial charge >= 0.3 is 0 Å². The van der Waals surface area contributed by atoms with Crippen molar-refractivity contribution >= 4 is 5.65 Å². The molecule has 3 aromatic rings. The highest BCUT2D eigenvalue weighted by atomic mass is 15.0. The fourth-order valence-electron chi connectivity index (χ4n) is 2.14. The summed E-state index contributed by atoms with van der Waals surface area (Å²) in [6.45, 7) is 1.99. The number of imidazole rings is 1. The zero-order valence-electron chi connectivity index (χ0n) is 10.2. The number of aromatic nitrogens is 2. The van der Waals surface area contributed by atoms with Gasteiger partial charge in [-0.2, -0.15) is 0 Å². The lowest BCUT2D eigenvalue weighted by Crippen LogP contribution is -2.04. The Hall–Kier alpha value is -2.13. The number of hydrogen-bond donors (Lipinski definition) is 1. The van der Waals surface area contributed by atoms with Crippen LogP contribution in [0.15, 0.2) is 54.9 Å². The lowest BCUT2D eigenvalue weighted by atomic mass is 10.0. The maximum atomic E-state index is 5.86. The molecule has 0 fully saturated rings. The second-order valence-electron chi connectivity index (χ2n) is 4.48. The molecule has 0 saturated carbocycles. The summed E-state index contributed by atoms with van der Waals surface area (Å²) in [4.78, 5) is 4.29. The second-order valence-corrected chi connectivity index (χ2v) is 4.48. The van der Waals surface area contributed by atoms with Gasteiger partial charge in [-0.3, -0.25) is 4.40 Å². The van der Waals surface area contributed by atoms with Crippen molar-refractivity contribution in [3.05, 3.63) is 60.4 Å². The molecule has 0 aliphatic heterocycles. The zero-order valence-corrected chi connectivity index (χ0v) is 10.2. The average molecular weight is 237 g/mol. The van der Waals surface area contributed by atoms with E-state index in [1.165, 1.54) is 5.56 Å². The Balaban J connectivity index is 2.11. The summed E-state index contributed by atoms with van der Waals surface area (Å²) in [7, 11) is 0. The number of hydrogen-bond acceptors (Lipinski definition) is 2. The van der Waals surface area contributed by atoms with E-state index in [2.05, 4.69) is 39.7 Å². The maximum absolute atomic E-state index is 5.86. The first kappa shape index (κ1) is 11.0. The molecule has 2 N–H and O–H groups in total. The summed E-state index contributed by atoms with van der Waals surface area (Å²) in [5.41, 5.74) is 10.3. The van der Waals surface area contributed by atoms with Crippen LogP contribution in [0.3, 0.4) is 0 Å². The second kappa shape index (κ2) is 4.27. The van der Waals surface area contributed by atoms with Crippen LogP contribution in [0.4, 0.5) is 0 Å². The van der Waals surface area contributed by atoms with Crippen LogP contribution >= 0.6 is 0 Å². The van der Waals surface area contributed by atoms with Crippen molar-refractivity contribution in [1.82, 2.24) is 9.38 Å². The molecule has 0 aliphatic carbocycles. The fraction of sp³-hybridized carbons (Fsp3) is 0.133. The minimum absolute atomic E-state index is 0.0723. The molecule has 3 nitrogen and oxygen atoms in total. The number of fused-ring (bicyclic) bond motifs is 1. The highest BCUT2D eigenvalue weighted by Gasteiger charge is 2.04. The Morgan fingerprint density at radius 1 is 1.11 bits per heavy atom. The molecule has 1 aromatic carbocycles. The lowest BCUT2D eigenvalue weighted by Gasteiger charge is -2.08. The molecule has 0 spiro atoms. The highest BCUT2D eigenvalue weighted by molar-refractivity contribution is 5.63. The number of pyridine rings is 1. The fourth-order valence-corrected chi connectivity index (χ4v) is 2.14. The van der Waals surface area contributed by atoms with E-state index in [1.807, 2.05) is 31.5 Å². The van der Waals surface area contributed by atoms with Crippen LogP contribution in [0, 0.1) is 0 Å². The maximum Gasteiger partial charge on any atom is 0.137 e. The monoisotopic (exact) mass is 237 g/mol. The molecule has 2 aromatic heterocycles. The number of nitrogens with zero attached hydrogens (tertiary/aromatic N) is 2. The first-order valence-corrected chi connectivity index (χ1v) is 6.04. The zero-order chi connectivity index (χ0) is 12.5. The van der Waals surface area contributed by atoms with E-state index >= 15 is 0 Å². The first-order chi connectivity index (χ1) is 8.75. The molecule has 0 saturated heterocycles. The number of rotatable bonds is 2. The van der Waals surface area contributed by atoms with Crippen LogP contribution < -0.4 is 5.73 Å². The van der Waals surface area contributed by atoms with Crippen molar-refractivity contribution < 1.29 is 0 Å². The van der Waals surface area contributed by atoms with Gasteiger partial charge < -0.3 is 5.73 Å². The predicted octanol–water partition coefficient (Wildman–Crippen LogP) is 3.02. The van der Waals surface area contributed by atoms with Crippen molar-refractivity contribution in [3.63, 3.8) is 0 Å². The molecule has 3 heteroatoms. The third kappa shape index (κ3) is 1.79. The minimum Gasteiger partial charge on any atom is -0.324 e. The van der Waals surface area contributed by atoms with Gasteiger partial charge in [0.25, 0.3) is 0 Å². The molecule has 2 heterocycles. The molecule has 0 amide bonds. The third-order valence-electron chi connectivity index (χ3n) is 3.16. The van der Waals surface area contributed by atoms with Crippen molar-refractivity contribution in [3.8, 4) is 11.3 Å².